The first-order valence-electron chi connectivity index (χ1n) is 2.28. The maximum absolute atomic E-state index is 5.35. The molecule has 8 heavy (non-hydrogen) atoms. The lowest BCUT2D eigenvalue weighted by Gasteiger charge is -2.14. The number of rotatable bonds is 0. The van der Waals surface area contributed by atoms with Crippen molar-refractivity contribution >= 4 is 6.34 Å². The van der Waals surface area contributed by atoms with Gasteiger partial charge in [-0.1, -0.05) is 0 Å². The van der Waals surface area contributed by atoms with Gasteiger partial charge in [0.2, 0.25) is 0 Å². The summed E-state index contributed by atoms with van der Waals surface area (Å²) >= 11 is 0. The van der Waals surface area contributed by atoms with Gasteiger partial charge in [0.1, 0.15) is 6.34 Å². The van der Waals surface area contributed by atoms with E-state index in [2.05, 4.69) is 4.99 Å². The largest absolute Gasteiger partial charge is 0.399 e. The van der Waals surface area contributed by atoms with Crippen molar-refractivity contribution < 1.29 is 0 Å². The van der Waals surface area contributed by atoms with Crippen LogP contribution in [0.1, 0.15) is 0 Å². The Bertz CT molecular complexity index is 137. The smallest absolute Gasteiger partial charge is 0.105 e. The van der Waals surface area contributed by atoms with Crippen LogP contribution in [0.2, 0.25) is 0 Å². The Kier molecular flexibility index (Phi) is 1.17. The second-order valence-electron chi connectivity index (χ2n) is 1.64. The molecule has 0 aromatic heterocycles. The highest BCUT2D eigenvalue weighted by Gasteiger charge is 1.97. The molecule has 0 saturated heterocycles. The molecule has 0 bridgehead atoms. The van der Waals surface area contributed by atoms with Crippen molar-refractivity contribution in [1.29, 1.82) is 0 Å². The molecule has 0 unspecified atom stereocenters. The van der Waals surface area contributed by atoms with Gasteiger partial charge in [0.25, 0.3) is 0 Å². The molecule has 0 aromatic rings. The lowest BCUT2D eigenvalue weighted by Crippen LogP contribution is -2.34. The van der Waals surface area contributed by atoms with Crippen molar-refractivity contribution in [1.82, 2.24) is 5.01 Å². The molecular formula is C4H8N4. The fourth-order valence-electron chi connectivity index (χ4n) is 0.507. The van der Waals surface area contributed by atoms with Gasteiger partial charge in [0.05, 0.1) is 6.54 Å². The van der Waals surface area contributed by atoms with Crippen molar-refractivity contribution in [3.8, 4) is 0 Å². The maximum atomic E-state index is 5.35. The third-order valence-corrected chi connectivity index (χ3v) is 0.820. The van der Waals surface area contributed by atoms with Crippen LogP contribution in [0.4, 0.5) is 0 Å². The maximum Gasteiger partial charge on any atom is 0.105 e. The number of aliphatic imine (C=N–C) groups is 1. The van der Waals surface area contributed by atoms with E-state index in [0.717, 1.165) is 0 Å². The lowest BCUT2D eigenvalue weighted by molar-refractivity contribution is 0.483. The minimum atomic E-state index is 0.573. The molecule has 1 aliphatic rings. The van der Waals surface area contributed by atoms with Gasteiger partial charge in [-0.05, 0) is 0 Å². The first kappa shape index (κ1) is 5.11. The molecule has 0 aliphatic carbocycles. The standard InChI is InChI=1S/C4H8N4/c5-4-1-7-3-8(6)2-4/h1,3H,2,5-6H2. The molecule has 0 amide bonds. The van der Waals surface area contributed by atoms with E-state index in [-0.39, 0.29) is 0 Å². The molecule has 0 aromatic carbocycles. The molecule has 0 spiro atoms. The van der Waals surface area contributed by atoms with E-state index in [1.54, 1.807) is 6.20 Å². The normalized spacial score (nSPS) is 18.6. The van der Waals surface area contributed by atoms with Gasteiger partial charge in [-0.15, -0.1) is 0 Å². The zero-order valence-electron chi connectivity index (χ0n) is 4.41. The van der Waals surface area contributed by atoms with Gasteiger partial charge in [-0.2, -0.15) is 0 Å². The topological polar surface area (TPSA) is 67.6 Å². The highest BCUT2D eigenvalue weighted by molar-refractivity contribution is 5.56. The molecule has 0 radical (unpaired) electrons. The lowest BCUT2D eigenvalue weighted by atomic mass is 10.4. The van der Waals surface area contributed by atoms with Crippen LogP contribution in [0.5, 0.6) is 0 Å². The summed E-state index contributed by atoms with van der Waals surface area (Å²) in [6.07, 6.45) is 3.11. The van der Waals surface area contributed by atoms with Crippen LogP contribution in [0, 0.1) is 0 Å². The fraction of sp³-hybridized carbons (Fsp3) is 0.250. The second kappa shape index (κ2) is 1.83. The van der Waals surface area contributed by atoms with Gasteiger partial charge < -0.3 is 5.73 Å². The molecule has 4 nitrogen and oxygen atoms in total. The monoisotopic (exact) mass is 112 g/mol. The molecule has 1 rings (SSSR count). The average Bonchev–Trinajstić information content (AvgIpc) is 1.64. The summed E-state index contributed by atoms with van der Waals surface area (Å²) in [6, 6.07) is 0. The molecule has 0 fully saturated rings. The fourth-order valence-corrected chi connectivity index (χ4v) is 0.507. The van der Waals surface area contributed by atoms with Crippen LogP contribution in [0.3, 0.4) is 0 Å². The number of hydrogen-bond donors (Lipinski definition) is 2. The van der Waals surface area contributed by atoms with Crippen molar-refractivity contribution in [3.05, 3.63) is 11.9 Å². The van der Waals surface area contributed by atoms with Gasteiger partial charge in [-0.3, -0.25) is 5.01 Å². The van der Waals surface area contributed by atoms with Crippen molar-refractivity contribution in [2.24, 2.45) is 16.6 Å². The molecular weight excluding hydrogens is 104 g/mol. The zero-order valence-corrected chi connectivity index (χ0v) is 4.41. The summed E-state index contributed by atoms with van der Waals surface area (Å²) in [6.45, 7) is 0.573. The summed E-state index contributed by atoms with van der Waals surface area (Å²) in [4.78, 5) is 3.73. The zero-order chi connectivity index (χ0) is 5.98. The summed E-state index contributed by atoms with van der Waals surface area (Å²) in [7, 11) is 0. The van der Waals surface area contributed by atoms with E-state index < -0.39 is 0 Å². The van der Waals surface area contributed by atoms with Gasteiger partial charge >= 0.3 is 0 Å². The Labute approximate surface area is 47.4 Å². The van der Waals surface area contributed by atoms with E-state index in [4.69, 9.17) is 11.6 Å². The second-order valence-corrected chi connectivity index (χ2v) is 1.64. The van der Waals surface area contributed by atoms with Gasteiger partial charge in [0.15, 0.2) is 0 Å². The molecule has 1 heterocycles. The summed E-state index contributed by atoms with van der Waals surface area (Å²) in [5.74, 6) is 5.29. The van der Waals surface area contributed by atoms with Crippen LogP contribution >= 0.6 is 0 Å². The first-order valence-corrected chi connectivity index (χ1v) is 2.28. The summed E-state index contributed by atoms with van der Waals surface area (Å²) < 4.78 is 0. The third-order valence-electron chi connectivity index (χ3n) is 0.820. The van der Waals surface area contributed by atoms with Crippen molar-refractivity contribution in [3.63, 3.8) is 0 Å². The van der Waals surface area contributed by atoms with Crippen molar-refractivity contribution in [2.45, 2.75) is 0 Å². The van der Waals surface area contributed by atoms with E-state index in [1.807, 2.05) is 0 Å². The van der Waals surface area contributed by atoms with E-state index >= 15 is 0 Å². The molecule has 44 valence electrons. The van der Waals surface area contributed by atoms with Crippen LogP contribution in [-0.4, -0.2) is 17.9 Å². The van der Waals surface area contributed by atoms with Crippen LogP contribution in [0.15, 0.2) is 16.9 Å². The third kappa shape index (κ3) is 0.974. The predicted octanol–water partition coefficient (Wildman–Crippen LogP) is -0.996. The minimum absolute atomic E-state index is 0.573. The Balaban J connectivity index is 2.59. The Morgan fingerprint density at radius 3 is 2.88 bits per heavy atom. The Morgan fingerprint density at radius 2 is 2.50 bits per heavy atom. The summed E-state index contributed by atoms with van der Waals surface area (Å²) in [5.41, 5.74) is 6.04. The molecule has 4 heteroatoms. The highest BCUT2D eigenvalue weighted by Crippen LogP contribution is 1.90. The number of nitrogens with zero attached hydrogens (tertiary/aromatic N) is 2. The predicted molar refractivity (Wildman–Crippen MR) is 31.7 cm³/mol. The van der Waals surface area contributed by atoms with Gasteiger partial charge in [0, 0.05) is 11.9 Å². The Morgan fingerprint density at radius 1 is 1.75 bits per heavy atom. The molecule has 0 saturated carbocycles. The molecule has 4 N–H and O–H groups in total. The number of hydrazine groups is 1. The van der Waals surface area contributed by atoms with Gasteiger partial charge in [-0.25, -0.2) is 10.8 Å². The minimum Gasteiger partial charge on any atom is -0.399 e. The Hall–Kier alpha value is -1.03. The highest BCUT2D eigenvalue weighted by atomic mass is 15.4. The quantitative estimate of drug-likeness (QED) is 0.395. The van der Waals surface area contributed by atoms with E-state index in [1.165, 1.54) is 11.3 Å². The average molecular weight is 112 g/mol. The summed E-state index contributed by atoms with van der Waals surface area (Å²) in [5, 5.41) is 1.43. The molecule has 0 atom stereocenters. The number of nitrogens with two attached hydrogens (primary N) is 2. The van der Waals surface area contributed by atoms with Crippen LogP contribution in [0.25, 0.3) is 0 Å². The first-order chi connectivity index (χ1) is 3.79. The van der Waals surface area contributed by atoms with E-state index in [0.29, 0.717) is 12.2 Å². The van der Waals surface area contributed by atoms with Crippen LogP contribution < -0.4 is 11.6 Å². The van der Waals surface area contributed by atoms with Crippen molar-refractivity contribution in [2.75, 3.05) is 6.54 Å². The molecule has 1 aliphatic heterocycles. The van der Waals surface area contributed by atoms with Crippen LogP contribution in [-0.2, 0) is 0 Å². The number of hydrogen-bond acceptors (Lipinski definition) is 4. The van der Waals surface area contributed by atoms with E-state index in [9.17, 15) is 0 Å². The SMILES string of the molecule is NC1=CN=CN(N)C1.